The summed E-state index contributed by atoms with van der Waals surface area (Å²) in [6, 6.07) is 7.96. The monoisotopic (exact) mass is 264 g/mol. The van der Waals surface area contributed by atoms with E-state index in [-0.39, 0.29) is 11.9 Å². The predicted octanol–water partition coefficient (Wildman–Crippen LogP) is 2.22. The smallest absolute Gasteiger partial charge is 0.254 e. The molecule has 2 atom stereocenters. The van der Waals surface area contributed by atoms with Gasteiger partial charge in [-0.15, -0.1) is 11.8 Å². The van der Waals surface area contributed by atoms with Gasteiger partial charge in [0.25, 0.3) is 5.91 Å². The number of hydrogen-bond donors (Lipinski definition) is 1. The minimum Gasteiger partial charge on any atom is -0.338 e. The molecule has 0 aromatic heterocycles. The summed E-state index contributed by atoms with van der Waals surface area (Å²) in [6.07, 6.45) is 3.02. The summed E-state index contributed by atoms with van der Waals surface area (Å²) in [6.45, 7) is 3.64. The first-order valence-electron chi connectivity index (χ1n) is 6.31. The van der Waals surface area contributed by atoms with E-state index < -0.39 is 0 Å². The molecule has 1 aliphatic heterocycles. The number of rotatable bonds is 3. The molecule has 1 amide bonds. The van der Waals surface area contributed by atoms with Crippen molar-refractivity contribution in [2.75, 3.05) is 19.3 Å². The average molecular weight is 264 g/mol. The number of carbonyl (C=O) groups is 1. The van der Waals surface area contributed by atoms with Crippen molar-refractivity contribution in [3.8, 4) is 0 Å². The molecule has 2 rings (SSSR count). The molecule has 1 aromatic rings. The van der Waals surface area contributed by atoms with Crippen molar-refractivity contribution in [3.05, 3.63) is 29.8 Å². The fraction of sp³-hybridized carbons (Fsp3) is 0.500. The van der Waals surface area contributed by atoms with Crippen LogP contribution in [0.3, 0.4) is 0 Å². The maximum Gasteiger partial charge on any atom is 0.254 e. The summed E-state index contributed by atoms with van der Waals surface area (Å²) < 4.78 is 0. The van der Waals surface area contributed by atoms with Crippen molar-refractivity contribution in [1.82, 2.24) is 4.90 Å². The Balaban J connectivity index is 2.13. The van der Waals surface area contributed by atoms with Crippen LogP contribution in [0.1, 0.15) is 23.7 Å². The summed E-state index contributed by atoms with van der Waals surface area (Å²) in [5, 5.41) is 0. The van der Waals surface area contributed by atoms with E-state index in [1.807, 2.05) is 42.3 Å². The molecule has 0 saturated carbocycles. The third kappa shape index (κ3) is 2.70. The Kier molecular flexibility index (Phi) is 4.30. The molecule has 1 heterocycles. The molecule has 0 aliphatic carbocycles. The van der Waals surface area contributed by atoms with Gasteiger partial charge in [-0.3, -0.25) is 4.79 Å². The van der Waals surface area contributed by atoms with E-state index in [0.29, 0.717) is 5.92 Å². The first kappa shape index (κ1) is 13.4. The van der Waals surface area contributed by atoms with E-state index in [4.69, 9.17) is 5.73 Å². The summed E-state index contributed by atoms with van der Waals surface area (Å²) in [5.74, 6) is 0.582. The van der Waals surface area contributed by atoms with E-state index in [9.17, 15) is 4.79 Å². The third-order valence-electron chi connectivity index (χ3n) is 3.59. The van der Waals surface area contributed by atoms with Gasteiger partial charge in [0, 0.05) is 24.0 Å². The van der Waals surface area contributed by atoms with Gasteiger partial charge in [0.15, 0.2) is 0 Å². The minimum absolute atomic E-state index is 0.142. The second kappa shape index (κ2) is 5.76. The molecule has 1 fully saturated rings. The molecule has 4 heteroatoms. The lowest BCUT2D eigenvalue weighted by Gasteiger charge is -2.19. The quantitative estimate of drug-likeness (QED) is 0.852. The van der Waals surface area contributed by atoms with Gasteiger partial charge in [-0.2, -0.15) is 0 Å². The molecule has 1 aliphatic rings. The Bertz CT molecular complexity index is 434. The molecule has 1 aromatic carbocycles. The SMILES string of the molecule is CSc1ccccc1C(=O)N1CCC(C(C)N)C1. The zero-order valence-electron chi connectivity index (χ0n) is 10.9. The summed E-state index contributed by atoms with van der Waals surface area (Å²) in [7, 11) is 0. The summed E-state index contributed by atoms with van der Waals surface area (Å²) in [4.78, 5) is 15.4. The topological polar surface area (TPSA) is 46.3 Å². The van der Waals surface area contributed by atoms with Crippen LogP contribution < -0.4 is 5.73 Å². The van der Waals surface area contributed by atoms with Crippen molar-refractivity contribution >= 4 is 17.7 Å². The van der Waals surface area contributed by atoms with E-state index in [1.165, 1.54) is 0 Å². The van der Waals surface area contributed by atoms with Crippen LogP contribution in [-0.2, 0) is 0 Å². The fourth-order valence-corrected chi connectivity index (χ4v) is 2.98. The normalized spacial score (nSPS) is 21.1. The molecule has 0 radical (unpaired) electrons. The van der Waals surface area contributed by atoms with Crippen LogP contribution in [0.2, 0.25) is 0 Å². The number of nitrogens with zero attached hydrogens (tertiary/aromatic N) is 1. The number of nitrogens with two attached hydrogens (primary N) is 1. The fourth-order valence-electron chi connectivity index (χ4n) is 2.39. The van der Waals surface area contributed by atoms with Gasteiger partial charge in [-0.25, -0.2) is 0 Å². The second-order valence-corrected chi connectivity index (χ2v) is 5.71. The number of benzene rings is 1. The summed E-state index contributed by atoms with van der Waals surface area (Å²) >= 11 is 1.62. The highest BCUT2D eigenvalue weighted by Gasteiger charge is 2.29. The molecule has 1 saturated heterocycles. The lowest BCUT2D eigenvalue weighted by molar-refractivity contribution is 0.0782. The Morgan fingerprint density at radius 3 is 2.83 bits per heavy atom. The van der Waals surface area contributed by atoms with Crippen LogP contribution in [0.25, 0.3) is 0 Å². The molecule has 2 unspecified atom stereocenters. The Morgan fingerprint density at radius 2 is 2.22 bits per heavy atom. The molecular formula is C14H20N2OS. The summed E-state index contributed by atoms with van der Waals surface area (Å²) in [5.41, 5.74) is 6.73. The molecule has 3 nitrogen and oxygen atoms in total. The molecule has 2 N–H and O–H groups in total. The largest absolute Gasteiger partial charge is 0.338 e. The lowest BCUT2D eigenvalue weighted by Crippen LogP contribution is -2.33. The number of likely N-dealkylation sites (tertiary alicyclic amines) is 1. The maximum atomic E-state index is 12.5. The van der Waals surface area contributed by atoms with Gasteiger partial charge in [0.2, 0.25) is 0 Å². The zero-order valence-corrected chi connectivity index (χ0v) is 11.7. The second-order valence-electron chi connectivity index (χ2n) is 4.86. The van der Waals surface area contributed by atoms with E-state index in [0.717, 1.165) is 30.0 Å². The number of carbonyl (C=O) groups excluding carboxylic acids is 1. The van der Waals surface area contributed by atoms with Crippen molar-refractivity contribution in [3.63, 3.8) is 0 Å². The third-order valence-corrected chi connectivity index (χ3v) is 4.39. The lowest BCUT2D eigenvalue weighted by atomic mass is 10.0. The minimum atomic E-state index is 0.142. The standard InChI is InChI=1S/C14H20N2OS/c1-10(15)11-7-8-16(9-11)14(17)12-5-3-4-6-13(12)18-2/h3-6,10-11H,7-9,15H2,1-2H3. The molecule has 98 valence electrons. The van der Waals surface area contributed by atoms with Crippen LogP contribution in [0.5, 0.6) is 0 Å². The maximum absolute atomic E-state index is 12.5. The van der Waals surface area contributed by atoms with Crippen LogP contribution in [0.15, 0.2) is 29.2 Å². The van der Waals surface area contributed by atoms with Crippen LogP contribution >= 0.6 is 11.8 Å². The van der Waals surface area contributed by atoms with Crippen LogP contribution in [0, 0.1) is 5.92 Å². The predicted molar refractivity (Wildman–Crippen MR) is 75.9 cm³/mol. The molecule has 0 bridgehead atoms. The van der Waals surface area contributed by atoms with Crippen molar-refractivity contribution < 1.29 is 4.79 Å². The first-order valence-corrected chi connectivity index (χ1v) is 7.54. The van der Waals surface area contributed by atoms with Gasteiger partial charge >= 0.3 is 0 Å². The highest BCUT2D eigenvalue weighted by molar-refractivity contribution is 7.98. The molecule has 18 heavy (non-hydrogen) atoms. The van der Waals surface area contributed by atoms with Gasteiger partial charge in [0.1, 0.15) is 0 Å². The Morgan fingerprint density at radius 1 is 1.50 bits per heavy atom. The van der Waals surface area contributed by atoms with Crippen molar-refractivity contribution in [1.29, 1.82) is 0 Å². The Labute approximate surface area is 113 Å². The van der Waals surface area contributed by atoms with Crippen LogP contribution in [-0.4, -0.2) is 36.2 Å². The van der Waals surface area contributed by atoms with Gasteiger partial charge in [-0.1, -0.05) is 12.1 Å². The number of hydrogen-bond acceptors (Lipinski definition) is 3. The molecule has 0 spiro atoms. The van der Waals surface area contributed by atoms with Gasteiger partial charge in [-0.05, 0) is 37.7 Å². The van der Waals surface area contributed by atoms with Gasteiger partial charge in [0.05, 0.1) is 5.56 Å². The average Bonchev–Trinajstić information content (AvgIpc) is 2.87. The zero-order chi connectivity index (χ0) is 13.1. The van der Waals surface area contributed by atoms with E-state index in [2.05, 4.69) is 0 Å². The number of thioether (sulfide) groups is 1. The number of amides is 1. The van der Waals surface area contributed by atoms with Crippen molar-refractivity contribution in [2.45, 2.75) is 24.3 Å². The Hall–Kier alpha value is -1.00. The molecular weight excluding hydrogens is 244 g/mol. The van der Waals surface area contributed by atoms with Crippen molar-refractivity contribution in [2.24, 2.45) is 11.7 Å². The highest BCUT2D eigenvalue weighted by Crippen LogP contribution is 2.25. The van der Waals surface area contributed by atoms with Gasteiger partial charge < -0.3 is 10.6 Å². The highest BCUT2D eigenvalue weighted by atomic mass is 32.2. The first-order chi connectivity index (χ1) is 8.63. The van der Waals surface area contributed by atoms with E-state index in [1.54, 1.807) is 11.8 Å². The van der Waals surface area contributed by atoms with Crippen LogP contribution in [0.4, 0.5) is 0 Å². The van der Waals surface area contributed by atoms with E-state index >= 15 is 0 Å².